The molecule has 7 nitrogen and oxygen atoms in total. The second kappa shape index (κ2) is 7.61. The molecule has 1 unspecified atom stereocenters. The van der Waals surface area contributed by atoms with Gasteiger partial charge in [-0.15, -0.1) is 0 Å². The molecule has 1 heterocycles. The Bertz CT molecular complexity index is 373. The third-order valence-electron chi connectivity index (χ3n) is 3.90. The zero-order chi connectivity index (χ0) is 15.2. The van der Waals surface area contributed by atoms with Gasteiger partial charge in [-0.2, -0.15) is 0 Å². The van der Waals surface area contributed by atoms with Crippen molar-refractivity contribution in [3.05, 3.63) is 0 Å². The first-order chi connectivity index (χ1) is 10.1. The van der Waals surface area contributed by atoms with Crippen LogP contribution in [-0.2, 0) is 9.53 Å². The summed E-state index contributed by atoms with van der Waals surface area (Å²) in [6.07, 6.45) is 2.74. The summed E-state index contributed by atoms with van der Waals surface area (Å²) in [6.45, 7) is 3.76. The molecule has 0 radical (unpaired) electrons. The van der Waals surface area contributed by atoms with Crippen molar-refractivity contribution in [2.24, 2.45) is 5.92 Å². The Labute approximate surface area is 126 Å². The summed E-state index contributed by atoms with van der Waals surface area (Å²) in [5.41, 5.74) is 0. The average molecular weight is 298 g/mol. The van der Waals surface area contributed by atoms with Gasteiger partial charge in [-0.25, -0.2) is 4.79 Å². The van der Waals surface area contributed by atoms with E-state index < -0.39 is 0 Å². The van der Waals surface area contributed by atoms with Crippen LogP contribution < -0.4 is 10.6 Å². The standard InChI is InChI=1S/C14H26N4O3/c1-15-14(20)16-7-13(19)18-5-6-21-12(10-18)9-17(2)8-11-3-4-11/h11-12H,3-10H2,1-2H3,(H2,15,16,20). The number of rotatable bonds is 6. The normalized spacial score (nSPS) is 22.2. The maximum Gasteiger partial charge on any atom is 0.314 e. The van der Waals surface area contributed by atoms with Crippen molar-refractivity contribution in [3.8, 4) is 0 Å². The van der Waals surface area contributed by atoms with Gasteiger partial charge in [0.25, 0.3) is 0 Å². The van der Waals surface area contributed by atoms with Crippen molar-refractivity contribution in [1.29, 1.82) is 0 Å². The first-order valence-electron chi connectivity index (χ1n) is 7.62. The molecule has 21 heavy (non-hydrogen) atoms. The fourth-order valence-corrected chi connectivity index (χ4v) is 2.58. The summed E-state index contributed by atoms with van der Waals surface area (Å²) in [5.74, 6) is 0.796. The summed E-state index contributed by atoms with van der Waals surface area (Å²) in [4.78, 5) is 27.2. The van der Waals surface area contributed by atoms with Crippen molar-refractivity contribution >= 4 is 11.9 Å². The van der Waals surface area contributed by atoms with Gasteiger partial charge in [0, 0.05) is 33.2 Å². The smallest absolute Gasteiger partial charge is 0.314 e. The third-order valence-corrected chi connectivity index (χ3v) is 3.90. The van der Waals surface area contributed by atoms with Crippen molar-refractivity contribution in [1.82, 2.24) is 20.4 Å². The largest absolute Gasteiger partial charge is 0.373 e. The molecule has 0 aromatic heterocycles. The molecule has 2 N–H and O–H groups in total. The first kappa shape index (κ1) is 16.0. The van der Waals surface area contributed by atoms with Crippen LogP contribution in [-0.4, -0.2) is 81.3 Å². The molecule has 0 spiro atoms. The quantitative estimate of drug-likeness (QED) is 0.692. The Kier molecular flexibility index (Phi) is 5.81. The Hall–Kier alpha value is -1.34. The summed E-state index contributed by atoms with van der Waals surface area (Å²) >= 11 is 0. The maximum absolute atomic E-state index is 12.1. The van der Waals surface area contributed by atoms with Gasteiger partial charge >= 0.3 is 6.03 Å². The van der Waals surface area contributed by atoms with Crippen LogP contribution in [0.1, 0.15) is 12.8 Å². The number of hydrogen-bond acceptors (Lipinski definition) is 4. The Morgan fingerprint density at radius 2 is 2.10 bits per heavy atom. The maximum atomic E-state index is 12.1. The molecular formula is C14H26N4O3. The van der Waals surface area contributed by atoms with E-state index in [-0.39, 0.29) is 24.6 Å². The number of carbonyl (C=O) groups excluding carboxylic acids is 2. The lowest BCUT2D eigenvalue weighted by atomic mass is 10.2. The van der Waals surface area contributed by atoms with Crippen molar-refractivity contribution < 1.29 is 14.3 Å². The highest BCUT2D eigenvalue weighted by Gasteiger charge is 2.27. The van der Waals surface area contributed by atoms with E-state index in [1.165, 1.54) is 19.9 Å². The number of carbonyl (C=O) groups is 2. The summed E-state index contributed by atoms with van der Waals surface area (Å²) < 4.78 is 5.74. The highest BCUT2D eigenvalue weighted by atomic mass is 16.5. The highest BCUT2D eigenvalue weighted by molar-refractivity contribution is 5.83. The number of morpholine rings is 1. The Morgan fingerprint density at radius 1 is 1.33 bits per heavy atom. The number of likely N-dealkylation sites (N-methyl/N-ethyl adjacent to an activating group) is 1. The van der Waals surface area contributed by atoms with E-state index in [1.54, 1.807) is 4.90 Å². The van der Waals surface area contributed by atoms with Crippen LogP contribution >= 0.6 is 0 Å². The summed E-state index contributed by atoms with van der Waals surface area (Å²) in [5, 5.41) is 4.96. The molecule has 1 saturated carbocycles. The number of ether oxygens (including phenoxy) is 1. The fraction of sp³-hybridized carbons (Fsp3) is 0.857. The van der Waals surface area contributed by atoms with E-state index >= 15 is 0 Å². The molecule has 120 valence electrons. The second-order valence-corrected chi connectivity index (χ2v) is 5.93. The van der Waals surface area contributed by atoms with E-state index in [2.05, 4.69) is 22.6 Å². The van der Waals surface area contributed by atoms with Crippen molar-refractivity contribution in [2.75, 3.05) is 53.4 Å². The number of nitrogens with zero attached hydrogens (tertiary/aromatic N) is 2. The van der Waals surface area contributed by atoms with E-state index in [0.29, 0.717) is 19.7 Å². The van der Waals surface area contributed by atoms with Crippen molar-refractivity contribution in [3.63, 3.8) is 0 Å². The molecule has 2 fully saturated rings. The second-order valence-electron chi connectivity index (χ2n) is 5.93. The molecule has 2 aliphatic rings. The predicted octanol–water partition coefficient (Wildman–Crippen LogP) is -0.515. The van der Waals surface area contributed by atoms with Crippen LogP contribution in [0.5, 0.6) is 0 Å². The zero-order valence-electron chi connectivity index (χ0n) is 12.9. The summed E-state index contributed by atoms with van der Waals surface area (Å²) in [7, 11) is 3.63. The van der Waals surface area contributed by atoms with Crippen LogP contribution in [0.3, 0.4) is 0 Å². The van der Waals surface area contributed by atoms with Crippen LogP contribution in [0.15, 0.2) is 0 Å². The molecule has 1 aliphatic heterocycles. The molecule has 1 saturated heterocycles. The van der Waals surface area contributed by atoms with E-state index in [0.717, 1.165) is 19.0 Å². The Balaban J connectivity index is 1.71. The van der Waals surface area contributed by atoms with Gasteiger partial charge in [-0.1, -0.05) is 0 Å². The molecule has 0 aromatic carbocycles. The molecule has 7 heteroatoms. The average Bonchev–Trinajstić information content (AvgIpc) is 3.28. The van der Waals surface area contributed by atoms with Gasteiger partial charge < -0.3 is 25.2 Å². The number of nitrogens with one attached hydrogen (secondary N) is 2. The fourth-order valence-electron chi connectivity index (χ4n) is 2.58. The lowest BCUT2D eigenvalue weighted by Gasteiger charge is -2.35. The SMILES string of the molecule is CNC(=O)NCC(=O)N1CCOC(CN(C)CC2CC2)C1. The third kappa shape index (κ3) is 5.51. The van der Waals surface area contributed by atoms with Gasteiger partial charge in [0.05, 0.1) is 19.3 Å². The van der Waals surface area contributed by atoms with Gasteiger partial charge in [0.2, 0.25) is 5.91 Å². The lowest BCUT2D eigenvalue weighted by Crippen LogP contribution is -2.52. The van der Waals surface area contributed by atoms with E-state index in [4.69, 9.17) is 4.74 Å². The number of urea groups is 1. The van der Waals surface area contributed by atoms with E-state index in [9.17, 15) is 9.59 Å². The lowest BCUT2D eigenvalue weighted by molar-refractivity contribution is -0.138. The first-order valence-corrected chi connectivity index (χ1v) is 7.62. The minimum absolute atomic E-state index is 0.0321. The molecular weight excluding hydrogens is 272 g/mol. The predicted molar refractivity (Wildman–Crippen MR) is 79.0 cm³/mol. The van der Waals surface area contributed by atoms with Crippen molar-refractivity contribution in [2.45, 2.75) is 18.9 Å². The topological polar surface area (TPSA) is 73.9 Å². The molecule has 0 aromatic rings. The van der Waals surface area contributed by atoms with Gasteiger partial charge in [-0.05, 0) is 25.8 Å². The van der Waals surface area contributed by atoms with Gasteiger partial charge in [0.1, 0.15) is 0 Å². The van der Waals surface area contributed by atoms with Crippen LogP contribution in [0.25, 0.3) is 0 Å². The van der Waals surface area contributed by atoms with Crippen LogP contribution in [0.4, 0.5) is 4.79 Å². The minimum Gasteiger partial charge on any atom is -0.373 e. The number of amides is 3. The molecule has 2 rings (SSSR count). The monoisotopic (exact) mass is 298 g/mol. The van der Waals surface area contributed by atoms with Gasteiger partial charge in [0.15, 0.2) is 0 Å². The summed E-state index contributed by atoms with van der Waals surface area (Å²) in [6, 6.07) is -0.336. The number of hydrogen-bond donors (Lipinski definition) is 2. The van der Waals surface area contributed by atoms with Crippen LogP contribution in [0, 0.1) is 5.92 Å². The minimum atomic E-state index is -0.336. The molecule has 0 bridgehead atoms. The molecule has 3 amide bonds. The van der Waals surface area contributed by atoms with Gasteiger partial charge in [-0.3, -0.25) is 4.79 Å². The molecule has 1 atom stereocenters. The van der Waals surface area contributed by atoms with Crippen LogP contribution in [0.2, 0.25) is 0 Å². The zero-order valence-corrected chi connectivity index (χ0v) is 12.9. The van der Waals surface area contributed by atoms with E-state index in [1.807, 2.05) is 0 Å². The Morgan fingerprint density at radius 3 is 2.76 bits per heavy atom. The highest BCUT2D eigenvalue weighted by Crippen LogP contribution is 2.29. The molecule has 1 aliphatic carbocycles.